The van der Waals surface area contributed by atoms with Crippen molar-refractivity contribution in [2.24, 2.45) is 11.8 Å². The molecule has 2 fully saturated rings. The number of hydrogen-bond acceptors (Lipinski definition) is 2. The van der Waals surface area contributed by atoms with Gasteiger partial charge in [0.2, 0.25) is 0 Å². The van der Waals surface area contributed by atoms with E-state index in [0.29, 0.717) is 18.0 Å². The summed E-state index contributed by atoms with van der Waals surface area (Å²) in [7, 11) is 2.08. The largest absolute Gasteiger partial charge is 0.317 e. The average molecular weight is 236 g/mol. The molecule has 1 saturated carbocycles. The lowest BCUT2D eigenvalue weighted by Gasteiger charge is -2.24. The van der Waals surface area contributed by atoms with Gasteiger partial charge in [-0.1, -0.05) is 38.8 Å². The van der Waals surface area contributed by atoms with E-state index < -0.39 is 0 Å². The van der Waals surface area contributed by atoms with Gasteiger partial charge in [-0.15, -0.1) is 0 Å². The Balaban J connectivity index is 1.96. The van der Waals surface area contributed by atoms with Crippen LogP contribution in [0.25, 0.3) is 0 Å². The van der Waals surface area contributed by atoms with Crippen LogP contribution in [-0.4, -0.2) is 25.2 Å². The Bertz CT molecular complexity index is 272. The van der Waals surface area contributed by atoms with E-state index in [2.05, 4.69) is 38.1 Å². The minimum atomic E-state index is 0.544. The molecule has 1 aliphatic heterocycles. The molecule has 0 spiro atoms. The van der Waals surface area contributed by atoms with Crippen molar-refractivity contribution in [2.75, 3.05) is 7.05 Å². The maximum Gasteiger partial charge on any atom is 0.0297 e. The summed E-state index contributed by atoms with van der Waals surface area (Å²) in [5.74, 6) is 1.45. The van der Waals surface area contributed by atoms with Crippen molar-refractivity contribution in [3.63, 3.8) is 0 Å². The average Bonchev–Trinajstić information content (AvgIpc) is 2.63. The Morgan fingerprint density at radius 1 is 1.35 bits per heavy atom. The molecule has 17 heavy (non-hydrogen) atoms. The number of rotatable bonds is 4. The van der Waals surface area contributed by atoms with Gasteiger partial charge in [0.05, 0.1) is 0 Å². The van der Waals surface area contributed by atoms with Gasteiger partial charge < -0.3 is 10.6 Å². The Labute approximate surface area is 106 Å². The van der Waals surface area contributed by atoms with Crippen molar-refractivity contribution in [3.05, 3.63) is 12.2 Å². The standard InChI is InChI=1S/C15H28N2/c1-10(2)14(16-4)9-15-11(3)12-7-5-6-8-13(12)17-15/h10,12-17H,3,5-9H2,1-2,4H3. The monoisotopic (exact) mass is 236 g/mol. The third-order valence-electron chi connectivity index (χ3n) is 4.77. The molecule has 0 aromatic heterocycles. The Morgan fingerprint density at radius 2 is 2.06 bits per heavy atom. The Hall–Kier alpha value is -0.340. The Morgan fingerprint density at radius 3 is 2.65 bits per heavy atom. The van der Waals surface area contributed by atoms with E-state index in [1.54, 1.807) is 0 Å². The quantitative estimate of drug-likeness (QED) is 0.733. The van der Waals surface area contributed by atoms with Crippen molar-refractivity contribution >= 4 is 0 Å². The molecule has 2 nitrogen and oxygen atoms in total. The zero-order valence-electron chi connectivity index (χ0n) is 11.6. The fraction of sp³-hybridized carbons (Fsp3) is 0.867. The van der Waals surface area contributed by atoms with Crippen molar-refractivity contribution in [1.29, 1.82) is 0 Å². The summed E-state index contributed by atoms with van der Waals surface area (Å²) in [5, 5.41) is 7.27. The summed E-state index contributed by atoms with van der Waals surface area (Å²) >= 11 is 0. The van der Waals surface area contributed by atoms with Gasteiger partial charge in [0.15, 0.2) is 0 Å². The van der Waals surface area contributed by atoms with Gasteiger partial charge >= 0.3 is 0 Å². The van der Waals surface area contributed by atoms with E-state index >= 15 is 0 Å². The molecule has 0 aromatic rings. The van der Waals surface area contributed by atoms with Crippen molar-refractivity contribution in [3.8, 4) is 0 Å². The van der Waals surface area contributed by atoms with Crippen LogP contribution < -0.4 is 10.6 Å². The zero-order valence-corrected chi connectivity index (χ0v) is 11.6. The summed E-state index contributed by atoms with van der Waals surface area (Å²) in [6.07, 6.45) is 6.70. The van der Waals surface area contributed by atoms with Crippen LogP contribution in [0.15, 0.2) is 12.2 Å². The molecule has 2 rings (SSSR count). The molecule has 1 saturated heterocycles. The second-order valence-corrected chi connectivity index (χ2v) is 6.17. The van der Waals surface area contributed by atoms with E-state index in [-0.39, 0.29) is 0 Å². The third kappa shape index (κ3) is 2.74. The molecule has 4 unspecified atom stereocenters. The molecule has 1 heterocycles. The molecule has 2 aliphatic rings. The minimum absolute atomic E-state index is 0.544. The summed E-state index contributed by atoms with van der Waals surface area (Å²) < 4.78 is 0. The van der Waals surface area contributed by atoms with Crippen molar-refractivity contribution in [2.45, 2.75) is 64.1 Å². The highest BCUT2D eigenvalue weighted by molar-refractivity contribution is 5.21. The fourth-order valence-electron chi connectivity index (χ4n) is 3.59. The van der Waals surface area contributed by atoms with Crippen molar-refractivity contribution in [1.82, 2.24) is 10.6 Å². The number of fused-ring (bicyclic) bond motifs is 1. The lowest BCUT2D eigenvalue weighted by Crippen LogP contribution is -2.39. The second-order valence-electron chi connectivity index (χ2n) is 6.17. The van der Waals surface area contributed by atoms with Crippen LogP contribution in [0, 0.1) is 11.8 Å². The van der Waals surface area contributed by atoms with Gasteiger partial charge in [0, 0.05) is 18.1 Å². The lowest BCUT2D eigenvalue weighted by atomic mass is 9.81. The molecule has 1 aliphatic carbocycles. The van der Waals surface area contributed by atoms with Crippen LogP contribution in [0.1, 0.15) is 46.0 Å². The molecule has 2 N–H and O–H groups in total. The first-order valence-electron chi connectivity index (χ1n) is 7.25. The summed E-state index contributed by atoms with van der Waals surface area (Å²) in [5.41, 5.74) is 1.48. The SMILES string of the molecule is C=C1C(CC(NC)C(C)C)NC2CCCCC12. The molecule has 0 aromatic carbocycles. The van der Waals surface area contributed by atoms with Gasteiger partial charge in [-0.05, 0) is 38.1 Å². The maximum absolute atomic E-state index is 4.38. The van der Waals surface area contributed by atoms with Crippen LogP contribution in [0.2, 0.25) is 0 Å². The summed E-state index contributed by atoms with van der Waals surface area (Å²) in [4.78, 5) is 0. The minimum Gasteiger partial charge on any atom is -0.317 e. The molecule has 0 bridgehead atoms. The van der Waals surface area contributed by atoms with E-state index in [0.717, 1.165) is 12.0 Å². The fourth-order valence-corrected chi connectivity index (χ4v) is 3.59. The highest BCUT2D eigenvalue weighted by Gasteiger charge is 2.38. The second kappa shape index (κ2) is 5.53. The van der Waals surface area contributed by atoms with Gasteiger partial charge in [0.1, 0.15) is 0 Å². The first-order chi connectivity index (χ1) is 8.13. The molecule has 2 heteroatoms. The van der Waals surface area contributed by atoms with Gasteiger partial charge in [-0.2, -0.15) is 0 Å². The van der Waals surface area contributed by atoms with Gasteiger partial charge in [-0.25, -0.2) is 0 Å². The summed E-state index contributed by atoms with van der Waals surface area (Å²) in [6.45, 7) is 8.97. The molecule has 0 radical (unpaired) electrons. The number of nitrogens with one attached hydrogen (secondary N) is 2. The molecule has 4 atom stereocenters. The van der Waals surface area contributed by atoms with Gasteiger partial charge in [0.25, 0.3) is 0 Å². The van der Waals surface area contributed by atoms with Crippen LogP contribution in [-0.2, 0) is 0 Å². The maximum atomic E-state index is 4.38. The van der Waals surface area contributed by atoms with Crippen LogP contribution in [0.3, 0.4) is 0 Å². The normalized spacial score (nSPS) is 35.1. The van der Waals surface area contributed by atoms with E-state index in [1.807, 2.05) is 0 Å². The van der Waals surface area contributed by atoms with E-state index in [9.17, 15) is 0 Å². The molecular weight excluding hydrogens is 208 g/mol. The van der Waals surface area contributed by atoms with E-state index in [4.69, 9.17) is 0 Å². The van der Waals surface area contributed by atoms with Gasteiger partial charge in [-0.3, -0.25) is 0 Å². The molecule has 0 amide bonds. The van der Waals surface area contributed by atoms with Crippen LogP contribution in [0.5, 0.6) is 0 Å². The van der Waals surface area contributed by atoms with Crippen LogP contribution in [0.4, 0.5) is 0 Å². The molecule has 98 valence electrons. The highest BCUT2D eigenvalue weighted by Crippen LogP contribution is 2.37. The first kappa shape index (κ1) is 13.1. The molecular formula is C15H28N2. The predicted octanol–water partition coefficient (Wildman–Crippen LogP) is 2.71. The van der Waals surface area contributed by atoms with E-state index in [1.165, 1.54) is 37.7 Å². The smallest absolute Gasteiger partial charge is 0.0297 e. The lowest BCUT2D eigenvalue weighted by molar-refractivity contribution is 0.333. The highest BCUT2D eigenvalue weighted by atomic mass is 15.0. The topological polar surface area (TPSA) is 24.1 Å². The summed E-state index contributed by atoms with van der Waals surface area (Å²) in [6, 6.07) is 1.87. The first-order valence-corrected chi connectivity index (χ1v) is 7.25. The number of hydrogen-bond donors (Lipinski definition) is 2. The van der Waals surface area contributed by atoms with Crippen molar-refractivity contribution < 1.29 is 0 Å². The zero-order chi connectivity index (χ0) is 12.4. The predicted molar refractivity (Wildman–Crippen MR) is 74.1 cm³/mol. The Kier molecular flexibility index (Phi) is 4.26. The third-order valence-corrected chi connectivity index (χ3v) is 4.77. The van der Waals surface area contributed by atoms with Crippen LogP contribution >= 0.6 is 0 Å².